The molecule has 0 saturated carbocycles. The van der Waals surface area contributed by atoms with E-state index < -0.39 is 11.7 Å². The second-order valence-corrected chi connectivity index (χ2v) is 9.85. The molecule has 0 aromatic carbocycles. The Morgan fingerprint density at radius 3 is 2.53 bits per heavy atom. The molecule has 0 aliphatic carbocycles. The van der Waals surface area contributed by atoms with Gasteiger partial charge in [0.1, 0.15) is 16.4 Å². The Morgan fingerprint density at radius 1 is 1.25 bits per heavy atom. The summed E-state index contributed by atoms with van der Waals surface area (Å²) in [6, 6.07) is 1.81. The third-order valence-corrected chi connectivity index (χ3v) is 5.98. The van der Waals surface area contributed by atoms with E-state index >= 15 is 0 Å². The van der Waals surface area contributed by atoms with Crippen LogP contribution in [0.2, 0.25) is 10.2 Å². The number of alkyl carbamates (subject to hydrolysis) is 1. The topological polar surface area (TPSA) is 89.5 Å². The standard InChI is InChI=1S/C22H29Cl2N5O3/c1-21(2,3)32-20(30)28-22(4)7-10-29(11-8-22)16-13-26-15(18(24)27-16)12-14-6-9-25-19(31-5)17(14)23/h6,9,13H,7-8,10-12H2,1-5H3,(H,28,30). The molecule has 2 aromatic heterocycles. The monoisotopic (exact) mass is 481 g/mol. The van der Waals surface area contributed by atoms with Crippen LogP contribution < -0.4 is 15.0 Å². The molecule has 3 rings (SSSR count). The number of piperidine rings is 1. The van der Waals surface area contributed by atoms with Gasteiger partial charge in [-0.25, -0.2) is 14.8 Å². The fourth-order valence-electron chi connectivity index (χ4n) is 3.48. The Labute approximate surface area is 198 Å². The van der Waals surface area contributed by atoms with E-state index in [0.29, 0.717) is 47.1 Å². The van der Waals surface area contributed by atoms with Crippen molar-refractivity contribution in [1.29, 1.82) is 0 Å². The van der Waals surface area contributed by atoms with Gasteiger partial charge < -0.3 is 19.7 Å². The zero-order chi connectivity index (χ0) is 23.5. The Hall–Kier alpha value is -2.32. The molecule has 1 fully saturated rings. The van der Waals surface area contributed by atoms with E-state index in [4.69, 9.17) is 32.7 Å². The molecule has 1 aliphatic heterocycles. The lowest BCUT2D eigenvalue weighted by Gasteiger charge is -2.40. The predicted molar refractivity (Wildman–Crippen MR) is 125 cm³/mol. The van der Waals surface area contributed by atoms with Gasteiger partial charge >= 0.3 is 6.09 Å². The summed E-state index contributed by atoms with van der Waals surface area (Å²) in [4.78, 5) is 27.4. The molecule has 1 saturated heterocycles. The van der Waals surface area contributed by atoms with Crippen molar-refractivity contribution in [2.75, 3.05) is 25.1 Å². The van der Waals surface area contributed by atoms with Crippen LogP contribution in [0, 0.1) is 0 Å². The van der Waals surface area contributed by atoms with Crippen molar-refractivity contribution < 1.29 is 14.3 Å². The van der Waals surface area contributed by atoms with Crippen LogP contribution in [-0.2, 0) is 11.2 Å². The van der Waals surface area contributed by atoms with Crippen molar-refractivity contribution >= 4 is 35.1 Å². The highest BCUT2D eigenvalue weighted by atomic mass is 35.5. The van der Waals surface area contributed by atoms with E-state index in [1.54, 1.807) is 18.5 Å². The second-order valence-electron chi connectivity index (χ2n) is 9.11. The van der Waals surface area contributed by atoms with Gasteiger partial charge in [0, 0.05) is 31.2 Å². The molecule has 0 bridgehead atoms. The predicted octanol–water partition coefficient (Wildman–Crippen LogP) is 4.66. The lowest BCUT2D eigenvalue weighted by atomic mass is 9.90. The number of methoxy groups -OCH3 is 1. The van der Waals surface area contributed by atoms with Gasteiger partial charge in [0.25, 0.3) is 0 Å². The Morgan fingerprint density at radius 2 is 1.94 bits per heavy atom. The molecule has 32 heavy (non-hydrogen) atoms. The summed E-state index contributed by atoms with van der Waals surface area (Å²) in [6.07, 6.45) is 4.87. The van der Waals surface area contributed by atoms with Crippen LogP contribution in [0.15, 0.2) is 18.5 Å². The highest BCUT2D eigenvalue weighted by molar-refractivity contribution is 6.32. The number of anilines is 1. The third-order valence-electron chi connectivity index (χ3n) is 5.27. The number of rotatable bonds is 5. The number of carbonyl (C=O) groups excluding carboxylic acids is 1. The maximum Gasteiger partial charge on any atom is 0.408 e. The minimum atomic E-state index is -0.527. The first-order chi connectivity index (χ1) is 15.0. The number of halogens is 2. The van der Waals surface area contributed by atoms with Crippen molar-refractivity contribution in [1.82, 2.24) is 20.3 Å². The van der Waals surface area contributed by atoms with E-state index in [0.717, 1.165) is 18.4 Å². The molecule has 10 heteroatoms. The van der Waals surface area contributed by atoms with Gasteiger partial charge in [-0.05, 0) is 52.2 Å². The summed E-state index contributed by atoms with van der Waals surface area (Å²) in [7, 11) is 1.52. The van der Waals surface area contributed by atoms with Crippen LogP contribution in [0.25, 0.3) is 0 Å². The normalized spacial score (nSPS) is 15.9. The highest BCUT2D eigenvalue weighted by Crippen LogP contribution is 2.30. The van der Waals surface area contributed by atoms with Crippen molar-refractivity contribution in [3.8, 4) is 5.88 Å². The van der Waals surface area contributed by atoms with Crippen LogP contribution in [0.3, 0.4) is 0 Å². The summed E-state index contributed by atoms with van der Waals surface area (Å²) in [5.74, 6) is 1.07. The van der Waals surface area contributed by atoms with Gasteiger partial charge in [-0.1, -0.05) is 23.2 Å². The molecular formula is C22H29Cl2N5O3. The maximum absolute atomic E-state index is 12.2. The van der Waals surface area contributed by atoms with E-state index in [1.807, 2.05) is 27.7 Å². The number of nitrogens with one attached hydrogen (secondary N) is 1. The highest BCUT2D eigenvalue weighted by Gasteiger charge is 2.33. The number of pyridine rings is 1. The van der Waals surface area contributed by atoms with Crippen LogP contribution in [-0.4, -0.2) is 52.4 Å². The Balaban J connectivity index is 1.63. The van der Waals surface area contributed by atoms with Crippen molar-refractivity contribution in [3.63, 3.8) is 0 Å². The number of carbonyl (C=O) groups is 1. The number of amides is 1. The molecule has 1 aliphatic rings. The summed E-state index contributed by atoms with van der Waals surface area (Å²) < 4.78 is 10.6. The molecule has 0 atom stereocenters. The number of hydrogen-bond donors (Lipinski definition) is 1. The molecule has 8 nitrogen and oxygen atoms in total. The molecule has 3 heterocycles. The molecule has 0 spiro atoms. The van der Waals surface area contributed by atoms with Gasteiger partial charge in [0.2, 0.25) is 5.88 Å². The van der Waals surface area contributed by atoms with E-state index in [2.05, 4.69) is 25.2 Å². The molecule has 0 unspecified atom stereocenters. The van der Waals surface area contributed by atoms with Crippen LogP contribution in [0.1, 0.15) is 51.8 Å². The summed E-state index contributed by atoms with van der Waals surface area (Å²) in [5.41, 5.74) is 0.567. The summed E-state index contributed by atoms with van der Waals surface area (Å²) in [6.45, 7) is 9.00. The molecule has 174 valence electrons. The van der Waals surface area contributed by atoms with E-state index in [-0.39, 0.29) is 5.54 Å². The van der Waals surface area contributed by atoms with Gasteiger partial charge in [0.05, 0.1) is 19.0 Å². The lowest BCUT2D eigenvalue weighted by Crippen LogP contribution is -2.54. The average molecular weight is 482 g/mol. The van der Waals surface area contributed by atoms with Gasteiger partial charge in [-0.2, -0.15) is 0 Å². The Bertz CT molecular complexity index is 973. The van der Waals surface area contributed by atoms with Crippen molar-refractivity contribution in [2.24, 2.45) is 0 Å². The first-order valence-corrected chi connectivity index (χ1v) is 11.2. The van der Waals surface area contributed by atoms with E-state index in [9.17, 15) is 4.79 Å². The second kappa shape index (κ2) is 9.67. The zero-order valence-corrected chi connectivity index (χ0v) is 20.5. The first-order valence-electron chi connectivity index (χ1n) is 10.4. The molecule has 0 radical (unpaired) electrons. The number of hydrogen-bond acceptors (Lipinski definition) is 7. The van der Waals surface area contributed by atoms with Gasteiger partial charge in [-0.15, -0.1) is 0 Å². The fraction of sp³-hybridized carbons (Fsp3) is 0.545. The number of ether oxygens (including phenoxy) is 2. The Kier molecular flexibility index (Phi) is 7.35. The van der Waals surface area contributed by atoms with Crippen LogP contribution in [0.5, 0.6) is 5.88 Å². The van der Waals surface area contributed by atoms with Gasteiger partial charge in [0.15, 0.2) is 5.15 Å². The average Bonchev–Trinajstić information content (AvgIpc) is 2.69. The molecule has 1 amide bonds. The smallest absolute Gasteiger partial charge is 0.408 e. The van der Waals surface area contributed by atoms with E-state index in [1.165, 1.54) is 7.11 Å². The molecule has 1 N–H and O–H groups in total. The van der Waals surface area contributed by atoms with Crippen molar-refractivity contribution in [2.45, 2.75) is 58.1 Å². The maximum atomic E-state index is 12.2. The minimum Gasteiger partial charge on any atom is -0.480 e. The van der Waals surface area contributed by atoms with Crippen LogP contribution in [0.4, 0.5) is 10.6 Å². The summed E-state index contributed by atoms with van der Waals surface area (Å²) in [5, 5.41) is 3.77. The quantitative estimate of drug-likeness (QED) is 0.663. The zero-order valence-electron chi connectivity index (χ0n) is 19.0. The first kappa shape index (κ1) is 24.3. The van der Waals surface area contributed by atoms with Crippen molar-refractivity contribution in [3.05, 3.63) is 39.9 Å². The van der Waals surface area contributed by atoms with Gasteiger partial charge in [-0.3, -0.25) is 4.98 Å². The lowest BCUT2D eigenvalue weighted by molar-refractivity contribution is 0.0448. The number of nitrogens with zero attached hydrogens (tertiary/aromatic N) is 4. The fourth-order valence-corrected chi connectivity index (χ4v) is 3.94. The summed E-state index contributed by atoms with van der Waals surface area (Å²) >= 11 is 12.8. The third kappa shape index (κ3) is 6.13. The largest absolute Gasteiger partial charge is 0.480 e. The number of aromatic nitrogens is 3. The molecule has 2 aromatic rings. The minimum absolute atomic E-state index is 0.328. The SMILES string of the molecule is COc1nccc(Cc2ncc(N3CCC(C)(NC(=O)OC(C)(C)C)CC3)nc2Cl)c1Cl. The van der Waals surface area contributed by atoms with Crippen LogP contribution >= 0.6 is 23.2 Å². The molecular weight excluding hydrogens is 453 g/mol.